The summed E-state index contributed by atoms with van der Waals surface area (Å²) in [6.45, 7) is 0.0361. The van der Waals surface area contributed by atoms with Crippen molar-refractivity contribution >= 4 is 27.6 Å². The van der Waals surface area contributed by atoms with Gasteiger partial charge in [0.15, 0.2) is 0 Å². The lowest BCUT2D eigenvalue weighted by molar-refractivity contribution is -0.143. The SMILES string of the molecule is CS(=O)(=O)Nc1ccccc1C(=O)NCC1(C(=O)O)CC1. The van der Waals surface area contributed by atoms with E-state index in [4.69, 9.17) is 5.11 Å². The van der Waals surface area contributed by atoms with Crippen molar-refractivity contribution < 1.29 is 23.1 Å². The fourth-order valence-corrected chi connectivity index (χ4v) is 2.51. The summed E-state index contributed by atoms with van der Waals surface area (Å²) >= 11 is 0. The topological polar surface area (TPSA) is 113 Å². The van der Waals surface area contributed by atoms with E-state index in [-0.39, 0.29) is 17.8 Å². The summed E-state index contributed by atoms with van der Waals surface area (Å²) in [6, 6.07) is 6.15. The largest absolute Gasteiger partial charge is 0.481 e. The molecule has 114 valence electrons. The normalized spacial score (nSPS) is 16.0. The van der Waals surface area contributed by atoms with Gasteiger partial charge in [-0.2, -0.15) is 0 Å². The zero-order valence-electron chi connectivity index (χ0n) is 11.4. The van der Waals surface area contributed by atoms with E-state index in [2.05, 4.69) is 10.0 Å². The van der Waals surface area contributed by atoms with Gasteiger partial charge in [0, 0.05) is 6.54 Å². The van der Waals surface area contributed by atoms with Crippen LogP contribution in [0.15, 0.2) is 24.3 Å². The van der Waals surface area contributed by atoms with Crippen LogP contribution < -0.4 is 10.0 Å². The minimum absolute atomic E-state index is 0.0361. The lowest BCUT2D eigenvalue weighted by atomic mass is 10.1. The average molecular weight is 312 g/mol. The molecule has 0 atom stereocenters. The Morgan fingerprint density at radius 2 is 1.90 bits per heavy atom. The first-order chi connectivity index (χ1) is 9.73. The Hall–Kier alpha value is -2.09. The Morgan fingerprint density at radius 1 is 1.29 bits per heavy atom. The van der Waals surface area contributed by atoms with Crippen LogP contribution in [0.5, 0.6) is 0 Å². The maximum Gasteiger partial charge on any atom is 0.311 e. The van der Waals surface area contributed by atoms with Crippen molar-refractivity contribution in [2.24, 2.45) is 5.41 Å². The summed E-state index contributed by atoms with van der Waals surface area (Å²) in [5.74, 6) is -1.43. The molecule has 1 aliphatic rings. The quantitative estimate of drug-likeness (QED) is 0.714. The predicted molar refractivity (Wildman–Crippen MR) is 76.5 cm³/mol. The summed E-state index contributed by atoms with van der Waals surface area (Å²) in [4.78, 5) is 23.2. The summed E-state index contributed by atoms with van der Waals surface area (Å²) in [6.07, 6.45) is 2.06. The second-order valence-electron chi connectivity index (χ2n) is 5.19. The van der Waals surface area contributed by atoms with Crippen molar-refractivity contribution in [3.63, 3.8) is 0 Å². The summed E-state index contributed by atoms with van der Waals surface area (Å²) in [5.41, 5.74) is -0.545. The molecule has 21 heavy (non-hydrogen) atoms. The minimum Gasteiger partial charge on any atom is -0.481 e. The van der Waals surface area contributed by atoms with E-state index in [1.54, 1.807) is 12.1 Å². The van der Waals surface area contributed by atoms with Crippen LogP contribution in [-0.4, -0.2) is 38.2 Å². The number of para-hydroxylation sites is 1. The van der Waals surface area contributed by atoms with Gasteiger partial charge in [-0.25, -0.2) is 8.42 Å². The van der Waals surface area contributed by atoms with Gasteiger partial charge in [-0.15, -0.1) is 0 Å². The van der Waals surface area contributed by atoms with Crippen molar-refractivity contribution in [2.75, 3.05) is 17.5 Å². The second-order valence-corrected chi connectivity index (χ2v) is 6.94. The number of carbonyl (C=O) groups is 2. The summed E-state index contributed by atoms with van der Waals surface area (Å²) in [5, 5.41) is 11.6. The van der Waals surface area contributed by atoms with Crippen molar-refractivity contribution in [3.8, 4) is 0 Å². The fraction of sp³-hybridized carbons (Fsp3) is 0.385. The van der Waals surface area contributed by atoms with Crippen LogP contribution in [0.2, 0.25) is 0 Å². The van der Waals surface area contributed by atoms with Crippen molar-refractivity contribution in [1.82, 2.24) is 5.32 Å². The first-order valence-electron chi connectivity index (χ1n) is 6.32. The van der Waals surface area contributed by atoms with Gasteiger partial charge in [0.05, 0.1) is 22.9 Å². The lowest BCUT2D eigenvalue weighted by Gasteiger charge is -2.13. The maximum atomic E-state index is 12.1. The molecule has 1 aromatic carbocycles. The van der Waals surface area contributed by atoms with Crippen molar-refractivity contribution in [2.45, 2.75) is 12.8 Å². The van der Waals surface area contributed by atoms with Gasteiger partial charge in [0.25, 0.3) is 5.91 Å². The van der Waals surface area contributed by atoms with Crippen LogP contribution in [0.25, 0.3) is 0 Å². The average Bonchev–Trinajstić information content (AvgIpc) is 3.16. The summed E-state index contributed by atoms with van der Waals surface area (Å²) < 4.78 is 24.8. The molecule has 0 heterocycles. The van der Waals surface area contributed by atoms with E-state index in [0.29, 0.717) is 12.8 Å². The van der Waals surface area contributed by atoms with Crippen LogP contribution >= 0.6 is 0 Å². The number of hydrogen-bond donors (Lipinski definition) is 3. The molecule has 3 N–H and O–H groups in total. The molecular weight excluding hydrogens is 296 g/mol. The lowest BCUT2D eigenvalue weighted by Crippen LogP contribution is -2.34. The Labute approximate surface area is 122 Å². The smallest absolute Gasteiger partial charge is 0.311 e. The van der Waals surface area contributed by atoms with Gasteiger partial charge < -0.3 is 10.4 Å². The second kappa shape index (κ2) is 5.36. The maximum absolute atomic E-state index is 12.1. The number of carbonyl (C=O) groups excluding carboxylic acids is 1. The molecule has 1 aromatic rings. The van der Waals surface area contributed by atoms with Crippen LogP contribution in [0, 0.1) is 5.41 Å². The van der Waals surface area contributed by atoms with E-state index in [1.165, 1.54) is 12.1 Å². The molecule has 0 spiro atoms. The summed E-state index contributed by atoms with van der Waals surface area (Å²) in [7, 11) is -3.50. The zero-order valence-corrected chi connectivity index (χ0v) is 12.2. The number of benzene rings is 1. The van der Waals surface area contributed by atoms with E-state index in [9.17, 15) is 18.0 Å². The Morgan fingerprint density at radius 3 is 2.43 bits per heavy atom. The molecule has 0 aliphatic heterocycles. The van der Waals surface area contributed by atoms with Crippen LogP contribution in [-0.2, 0) is 14.8 Å². The molecule has 0 saturated heterocycles. The van der Waals surface area contributed by atoms with Gasteiger partial charge in [0.2, 0.25) is 10.0 Å². The van der Waals surface area contributed by atoms with Gasteiger partial charge in [-0.05, 0) is 25.0 Å². The third-order valence-corrected chi connectivity index (χ3v) is 3.95. The molecule has 0 bridgehead atoms. The highest BCUT2D eigenvalue weighted by Crippen LogP contribution is 2.45. The first-order valence-corrected chi connectivity index (χ1v) is 8.21. The standard InChI is InChI=1S/C13H16N2O5S/c1-21(19,20)15-10-5-3-2-4-9(10)11(16)14-8-13(6-7-13)12(17)18/h2-5,15H,6-8H2,1H3,(H,14,16)(H,17,18). The highest BCUT2D eigenvalue weighted by Gasteiger charge is 2.50. The number of carboxylic acid groups (broad SMARTS) is 1. The number of hydrogen-bond acceptors (Lipinski definition) is 4. The van der Waals surface area contributed by atoms with Gasteiger partial charge in [0.1, 0.15) is 0 Å². The van der Waals surface area contributed by atoms with Crippen LogP contribution in [0.1, 0.15) is 23.2 Å². The molecule has 7 nitrogen and oxygen atoms in total. The molecule has 1 fully saturated rings. The number of rotatable bonds is 6. The monoisotopic (exact) mass is 312 g/mol. The van der Waals surface area contributed by atoms with Crippen LogP contribution in [0.4, 0.5) is 5.69 Å². The Balaban J connectivity index is 2.11. The molecular formula is C13H16N2O5S. The number of amides is 1. The van der Waals surface area contributed by atoms with E-state index in [0.717, 1.165) is 6.26 Å². The molecule has 0 radical (unpaired) electrons. The third-order valence-electron chi connectivity index (χ3n) is 3.36. The van der Waals surface area contributed by atoms with E-state index in [1.807, 2.05) is 0 Å². The third kappa shape index (κ3) is 3.72. The Kier molecular flexibility index (Phi) is 3.91. The van der Waals surface area contributed by atoms with E-state index >= 15 is 0 Å². The number of nitrogens with one attached hydrogen (secondary N) is 2. The molecule has 8 heteroatoms. The number of anilines is 1. The minimum atomic E-state index is -3.50. The highest BCUT2D eigenvalue weighted by molar-refractivity contribution is 7.92. The molecule has 1 amide bonds. The molecule has 0 aromatic heterocycles. The molecule has 0 unspecified atom stereocenters. The van der Waals surface area contributed by atoms with Crippen LogP contribution in [0.3, 0.4) is 0 Å². The molecule has 2 rings (SSSR count). The highest BCUT2D eigenvalue weighted by atomic mass is 32.2. The van der Waals surface area contributed by atoms with E-state index < -0.39 is 27.3 Å². The number of aliphatic carboxylic acids is 1. The predicted octanol–water partition coefficient (Wildman–Crippen LogP) is 0.653. The van der Waals surface area contributed by atoms with Gasteiger partial charge >= 0.3 is 5.97 Å². The van der Waals surface area contributed by atoms with Crippen molar-refractivity contribution in [1.29, 1.82) is 0 Å². The number of sulfonamides is 1. The first kappa shape index (κ1) is 15.3. The zero-order chi connectivity index (χ0) is 15.7. The van der Waals surface area contributed by atoms with Crippen molar-refractivity contribution in [3.05, 3.63) is 29.8 Å². The molecule has 1 saturated carbocycles. The molecule has 1 aliphatic carbocycles. The Bertz CT molecular complexity index is 680. The van der Waals surface area contributed by atoms with Gasteiger partial charge in [-0.3, -0.25) is 14.3 Å². The van der Waals surface area contributed by atoms with Gasteiger partial charge in [-0.1, -0.05) is 12.1 Å². The number of carboxylic acids is 1. The fourth-order valence-electron chi connectivity index (χ4n) is 1.93.